The van der Waals surface area contributed by atoms with Gasteiger partial charge in [0.1, 0.15) is 18.2 Å². The molecule has 0 bridgehead atoms. The molecule has 1 saturated heterocycles. The first-order chi connectivity index (χ1) is 14.2. The number of hydrogen-bond acceptors (Lipinski definition) is 5. The van der Waals surface area contributed by atoms with E-state index in [0.29, 0.717) is 31.9 Å². The van der Waals surface area contributed by atoms with Gasteiger partial charge in [0.05, 0.1) is 18.7 Å². The summed E-state index contributed by atoms with van der Waals surface area (Å²) in [6.07, 6.45) is 3.97. The second kappa shape index (κ2) is 10.2. The molecule has 0 atom stereocenters. The third-order valence-corrected chi connectivity index (χ3v) is 5.47. The van der Waals surface area contributed by atoms with Crippen LogP contribution in [0.4, 0.5) is 4.39 Å². The van der Waals surface area contributed by atoms with Crippen LogP contribution in [0.25, 0.3) is 5.57 Å². The lowest BCUT2D eigenvalue weighted by Crippen LogP contribution is -2.33. The van der Waals surface area contributed by atoms with Crippen molar-refractivity contribution in [1.29, 1.82) is 0 Å². The van der Waals surface area contributed by atoms with Crippen LogP contribution in [0, 0.1) is 5.82 Å². The molecular weight excluding hydrogens is 451 g/mol. The van der Waals surface area contributed by atoms with Crippen molar-refractivity contribution in [2.24, 2.45) is 0 Å². The summed E-state index contributed by atoms with van der Waals surface area (Å²) >= 11 is 0. The highest BCUT2D eigenvalue weighted by molar-refractivity contribution is 8.93. The van der Waals surface area contributed by atoms with Crippen molar-refractivity contribution >= 4 is 28.5 Å². The van der Waals surface area contributed by atoms with E-state index in [4.69, 9.17) is 9.47 Å². The maximum Gasteiger partial charge on any atom is 0.307 e. The van der Waals surface area contributed by atoms with E-state index in [-0.39, 0.29) is 28.8 Å². The van der Waals surface area contributed by atoms with Crippen LogP contribution < -0.4 is 4.74 Å². The first kappa shape index (κ1) is 22.4. The highest BCUT2D eigenvalue weighted by atomic mass is 79.9. The monoisotopic (exact) mass is 476 g/mol. The van der Waals surface area contributed by atoms with Crippen LogP contribution in [0.15, 0.2) is 42.1 Å². The predicted molar refractivity (Wildman–Crippen MR) is 118 cm³/mol. The van der Waals surface area contributed by atoms with Crippen molar-refractivity contribution in [3.63, 3.8) is 0 Å². The van der Waals surface area contributed by atoms with Crippen molar-refractivity contribution in [3.05, 3.63) is 64.7 Å². The molecule has 1 aromatic heterocycles. The Morgan fingerprint density at radius 1 is 1.27 bits per heavy atom. The van der Waals surface area contributed by atoms with Crippen molar-refractivity contribution in [1.82, 2.24) is 9.88 Å². The molecule has 4 rings (SSSR count). The van der Waals surface area contributed by atoms with Crippen LogP contribution in [-0.4, -0.2) is 42.1 Å². The maximum absolute atomic E-state index is 13.8. The summed E-state index contributed by atoms with van der Waals surface area (Å²) < 4.78 is 24.8. The maximum atomic E-state index is 13.8. The third-order valence-electron chi connectivity index (χ3n) is 5.47. The summed E-state index contributed by atoms with van der Waals surface area (Å²) in [6, 6.07) is 8.64. The summed E-state index contributed by atoms with van der Waals surface area (Å²) in [5, 5.41) is 0. The van der Waals surface area contributed by atoms with E-state index < -0.39 is 0 Å². The number of pyridine rings is 1. The van der Waals surface area contributed by atoms with Crippen molar-refractivity contribution in [2.75, 3.05) is 26.2 Å². The molecule has 0 unspecified atom stereocenters. The van der Waals surface area contributed by atoms with Crippen LogP contribution in [0.5, 0.6) is 5.75 Å². The molecule has 3 heterocycles. The van der Waals surface area contributed by atoms with Crippen LogP contribution in [-0.2, 0) is 16.1 Å². The van der Waals surface area contributed by atoms with Gasteiger partial charge in [0.25, 0.3) is 0 Å². The Labute approximate surface area is 186 Å². The fourth-order valence-corrected chi connectivity index (χ4v) is 4.02. The number of fused-ring (bicyclic) bond motifs is 2. The molecule has 1 fully saturated rings. The van der Waals surface area contributed by atoms with Gasteiger partial charge in [-0.1, -0.05) is 11.6 Å². The van der Waals surface area contributed by atoms with Gasteiger partial charge in [0.2, 0.25) is 0 Å². The van der Waals surface area contributed by atoms with Gasteiger partial charge in [-0.05, 0) is 38.0 Å². The Kier molecular flexibility index (Phi) is 7.61. The molecule has 0 amide bonds. The lowest BCUT2D eigenvalue weighted by atomic mass is 9.89. The van der Waals surface area contributed by atoms with E-state index in [1.807, 2.05) is 19.1 Å². The number of nitrogens with zero attached hydrogens (tertiary/aromatic N) is 2. The Hall–Kier alpha value is -2.25. The molecule has 0 radical (unpaired) electrons. The average molecular weight is 477 g/mol. The van der Waals surface area contributed by atoms with Gasteiger partial charge in [-0.2, -0.15) is 0 Å². The first-order valence-corrected chi connectivity index (χ1v) is 10.1. The number of halogens is 2. The number of aromatic nitrogens is 1. The second-order valence-corrected chi connectivity index (χ2v) is 7.32. The van der Waals surface area contributed by atoms with Gasteiger partial charge in [-0.15, -0.1) is 17.0 Å². The van der Waals surface area contributed by atoms with Crippen molar-refractivity contribution < 1.29 is 18.7 Å². The molecule has 1 aromatic carbocycles. The smallest absolute Gasteiger partial charge is 0.307 e. The van der Waals surface area contributed by atoms with Crippen molar-refractivity contribution in [2.45, 2.75) is 32.8 Å². The van der Waals surface area contributed by atoms with Gasteiger partial charge in [-0.3, -0.25) is 9.78 Å². The highest BCUT2D eigenvalue weighted by Gasteiger charge is 2.26. The van der Waals surface area contributed by atoms with E-state index in [9.17, 15) is 9.18 Å². The normalized spacial score (nSPS) is 15.9. The zero-order valence-electron chi connectivity index (χ0n) is 17.0. The van der Waals surface area contributed by atoms with Crippen LogP contribution >= 0.6 is 17.0 Å². The lowest BCUT2D eigenvalue weighted by molar-refractivity contribution is -0.143. The highest BCUT2D eigenvalue weighted by Crippen LogP contribution is 2.40. The predicted octanol–water partition coefficient (Wildman–Crippen LogP) is 4.54. The SMILES string of the molecule is Br.CCOC(=O)CCN1CCC(=C2c3ccc(F)cc3OCc3cccnc32)CC1. The van der Waals surface area contributed by atoms with E-state index >= 15 is 0 Å². The number of likely N-dealkylation sites (tertiary alicyclic amines) is 1. The van der Waals surface area contributed by atoms with Crippen LogP contribution in [0.1, 0.15) is 43.0 Å². The molecule has 5 nitrogen and oxygen atoms in total. The fourth-order valence-electron chi connectivity index (χ4n) is 4.02. The number of rotatable bonds is 4. The summed E-state index contributed by atoms with van der Waals surface area (Å²) in [6.45, 7) is 5.08. The quantitative estimate of drug-likeness (QED) is 0.606. The second-order valence-electron chi connectivity index (χ2n) is 7.32. The van der Waals surface area contributed by atoms with Gasteiger partial charge in [0.15, 0.2) is 0 Å². The molecule has 0 aliphatic carbocycles. The number of piperidine rings is 1. The zero-order chi connectivity index (χ0) is 20.2. The molecule has 7 heteroatoms. The molecule has 160 valence electrons. The zero-order valence-corrected chi connectivity index (χ0v) is 18.7. The Balaban J connectivity index is 0.00000256. The van der Waals surface area contributed by atoms with Gasteiger partial charge >= 0.3 is 5.97 Å². The molecule has 30 heavy (non-hydrogen) atoms. The molecular formula is C23H26BrFN2O3. The first-order valence-electron chi connectivity index (χ1n) is 10.1. The molecule has 2 aliphatic heterocycles. The van der Waals surface area contributed by atoms with E-state index in [1.165, 1.54) is 17.7 Å². The summed E-state index contributed by atoms with van der Waals surface area (Å²) in [5.41, 5.74) is 5.21. The number of carbonyl (C=O) groups excluding carboxylic acids is 1. The fraction of sp³-hybridized carbons (Fsp3) is 0.391. The number of ether oxygens (including phenoxy) is 2. The standard InChI is InChI=1S/C23H25FN2O3.BrH/c1-2-28-21(27)9-13-26-11-7-16(8-12-26)22-19-6-5-18(24)14-20(19)29-15-17-4-3-10-25-23(17)22;/h3-6,10,14H,2,7-9,11-13,15H2,1H3;1H. The number of esters is 1. The van der Waals surface area contributed by atoms with Gasteiger partial charge in [-0.25, -0.2) is 4.39 Å². The Bertz CT molecular complexity index is 938. The molecule has 2 aliphatic rings. The van der Waals surface area contributed by atoms with Crippen LogP contribution in [0.3, 0.4) is 0 Å². The Morgan fingerprint density at radius 2 is 2.07 bits per heavy atom. The minimum atomic E-state index is -0.305. The Morgan fingerprint density at radius 3 is 2.83 bits per heavy atom. The number of carbonyl (C=O) groups is 1. The molecule has 2 aromatic rings. The van der Waals surface area contributed by atoms with E-state index in [0.717, 1.165) is 48.3 Å². The van der Waals surface area contributed by atoms with Gasteiger partial charge in [0, 0.05) is 48.6 Å². The van der Waals surface area contributed by atoms with Crippen LogP contribution in [0.2, 0.25) is 0 Å². The lowest BCUT2D eigenvalue weighted by Gasteiger charge is -2.29. The summed E-state index contributed by atoms with van der Waals surface area (Å²) in [4.78, 5) is 18.6. The number of benzene rings is 1. The molecule has 0 spiro atoms. The topological polar surface area (TPSA) is 51.7 Å². The number of hydrogen-bond donors (Lipinski definition) is 0. The molecule has 0 saturated carbocycles. The average Bonchev–Trinajstić information content (AvgIpc) is 2.89. The summed E-state index contributed by atoms with van der Waals surface area (Å²) in [5.74, 6) is 0.114. The minimum absolute atomic E-state index is 0. The van der Waals surface area contributed by atoms with E-state index in [1.54, 1.807) is 12.3 Å². The van der Waals surface area contributed by atoms with E-state index in [2.05, 4.69) is 9.88 Å². The molecule has 0 N–H and O–H groups in total. The largest absolute Gasteiger partial charge is 0.488 e. The summed E-state index contributed by atoms with van der Waals surface area (Å²) in [7, 11) is 0. The third kappa shape index (κ3) is 4.90. The van der Waals surface area contributed by atoms with Crippen molar-refractivity contribution in [3.8, 4) is 5.75 Å². The van der Waals surface area contributed by atoms with Gasteiger partial charge < -0.3 is 14.4 Å². The minimum Gasteiger partial charge on any atom is -0.488 e.